The topological polar surface area (TPSA) is 55.9 Å². The fraction of sp³-hybridized carbons (Fsp3) is 0.875. The molecule has 0 bridgehead atoms. The van der Waals surface area contributed by atoms with Crippen molar-refractivity contribution in [3.8, 4) is 0 Å². The summed E-state index contributed by atoms with van der Waals surface area (Å²) < 4.78 is 0. The third-order valence-corrected chi connectivity index (χ3v) is 4.38. The normalized spacial score (nSPS) is 18.3. The second-order valence-corrected chi connectivity index (χ2v) is 6.53. The van der Waals surface area contributed by atoms with Gasteiger partial charge in [-0.05, 0) is 27.2 Å². The molecule has 0 radical (unpaired) electrons. The number of hydrogen-bond acceptors (Lipinski definition) is 4. The van der Waals surface area contributed by atoms with Gasteiger partial charge in [-0.3, -0.25) is 19.4 Å². The van der Waals surface area contributed by atoms with Crippen molar-refractivity contribution in [2.75, 3.05) is 46.3 Å². The monoisotopic (exact) mass is 312 g/mol. The van der Waals surface area contributed by atoms with Crippen LogP contribution < -0.4 is 5.32 Å². The van der Waals surface area contributed by atoms with Gasteiger partial charge in [0.25, 0.3) is 0 Å². The highest BCUT2D eigenvalue weighted by Crippen LogP contribution is 2.03. The van der Waals surface area contributed by atoms with Crippen molar-refractivity contribution >= 4 is 11.8 Å². The van der Waals surface area contributed by atoms with Gasteiger partial charge in [-0.15, -0.1) is 0 Å². The van der Waals surface area contributed by atoms with E-state index in [4.69, 9.17) is 0 Å². The predicted molar refractivity (Wildman–Crippen MR) is 88.7 cm³/mol. The molecule has 1 N–H and O–H groups in total. The summed E-state index contributed by atoms with van der Waals surface area (Å²) in [6, 6.07) is 0.469. The van der Waals surface area contributed by atoms with Crippen LogP contribution in [0, 0.1) is 0 Å². The highest BCUT2D eigenvalue weighted by Gasteiger charge is 2.22. The van der Waals surface area contributed by atoms with E-state index in [-0.39, 0.29) is 23.9 Å². The Balaban J connectivity index is 2.29. The smallest absolute Gasteiger partial charge is 0.236 e. The van der Waals surface area contributed by atoms with Gasteiger partial charge in [0.1, 0.15) is 0 Å². The van der Waals surface area contributed by atoms with Crippen LogP contribution in [0.15, 0.2) is 0 Å². The first kappa shape index (κ1) is 18.9. The molecule has 0 aromatic rings. The van der Waals surface area contributed by atoms with Gasteiger partial charge in [-0.25, -0.2) is 0 Å². The zero-order chi connectivity index (χ0) is 16.7. The van der Waals surface area contributed by atoms with Crippen molar-refractivity contribution in [2.45, 2.75) is 46.2 Å². The zero-order valence-corrected chi connectivity index (χ0v) is 14.8. The summed E-state index contributed by atoms with van der Waals surface area (Å²) in [5, 5.41) is 2.99. The van der Waals surface area contributed by atoms with Gasteiger partial charge in [-0.2, -0.15) is 0 Å². The lowest BCUT2D eigenvalue weighted by molar-refractivity contribution is -0.133. The van der Waals surface area contributed by atoms with Crippen LogP contribution in [0.1, 0.15) is 34.1 Å². The Labute approximate surface area is 134 Å². The van der Waals surface area contributed by atoms with E-state index in [0.717, 1.165) is 32.6 Å². The minimum Gasteiger partial charge on any atom is -0.353 e. The number of carbonyl (C=O) groups excluding carboxylic acids is 2. The molecule has 1 saturated heterocycles. The first-order chi connectivity index (χ1) is 10.3. The second kappa shape index (κ2) is 9.10. The quantitative estimate of drug-likeness (QED) is 0.739. The molecule has 6 nitrogen and oxygen atoms in total. The number of piperazine rings is 1. The molecule has 0 spiro atoms. The van der Waals surface area contributed by atoms with E-state index in [9.17, 15) is 9.59 Å². The molecule has 0 aromatic carbocycles. The maximum atomic E-state index is 12.1. The Morgan fingerprint density at radius 3 is 2.00 bits per heavy atom. The highest BCUT2D eigenvalue weighted by atomic mass is 16.2. The Hall–Kier alpha value is -1.14. The van der Waals surface area contributed by atoms with E-state index in [1.54, 1.807) is 4.90 Å². The lowest BCUT2D eigenvalue weighted by Crippen LogP contribution is -2.52. The van der Waals surface area contributed by atoms with Crippen molar-refractivity contribution in [1.29, 1.82) is 0 Å². The summed E-state index contributed by atoms with van der Waals surface area (Å²) in [6.07, 6.45) is 0.949. The van der Waals surface area contributed by atoms with Gasteiger partial charge in [0, 0.05) is 45.3 Å². The van der Waals surface area contributed by atoms with Crippen LogP contribution in [-0.4, -0.2) is 84.9 Å². The van der Waals surface area contributed by atoms with Gasteiger partial charge >= 0.3 is 0 Å². The SMILES string of the molecule is CCC(C)NC(=O)CN1CCN(CC(=O)N(C)C(C)C)CC1. The summed E-state index contributed by atoms with van der Waals surface area (Å²) in [7, 11) is 1.85. The maximum Gasteiger partial charge on any atom is 0.236 e. The number of likely N-dealkylation sites (N-methyl/N-ethyl adjacent to an activating group) is 1. The van der Waals surface area contributed by atoms with Crippen molar-refractivity contribution in [1.82, 2.24) is 20.0 Å². The standard InChI is InChI=1S/C16H32N4O2/c1-6-14(4)17-15(21)11-19-7-9-20(10-8-19)12-16(22)18(5)13(2)3/h13-14H,6-12H2,1-5H3,(H,17,21). The fourth-order valence-corrected chi connectivity index (χ4v) is 2.32. The first-order valence-electron chi connectivity index (χ1n) is 8.33. The fourth-order valence-electron chi connectivity index (χ4n) is 2.32. The summed E-state index contributed by atoms with van der Waals surface area (Å²) in [5.74, 6) is 0.261. The van der Waals surface area contributed by atoms with E-state index in [1.165, 1.54) is 0 Å². The Kier molecular flexibility index (Phi) is 7.82. The number of amides is 2. The Morgan fingerprint density at radius 2 is 1.55 bits per heavy atom. The van der Waals surface area contributed by atoms with Crippen molar-refractivity contribution < 1.29 is 9.59 Å². The number of carbonyl (C=O) groups is 2. The molecule has 2 amide bonds. The molecule has 1 fully saturated rings. The zero-order valence-electron chi connectivity index (χ0n) is 14.8. The van der Waals surface area contributed by atoms with Gasteiger partial charge in [0.05, 0.1) is 13.1 Å². The van der Waals surface area contributed by atoms with E-state index >= 15 is 0 Å². The summed E-state index contributed by atoms with van der Waals surface area (Å²) in [5.41, 5.74) is 0. The molecule has 0 aliphatic carbocycles. The van der Waals surface area contributed by atoms with Gasteiger partial charge in [0.2, 0.25) is 11.8 Å². The molecule has 1 aliphatic heterocycles. The average Bonchev–Trinajstić information content (AvgIpc) is 2.47. The molecule has 0 saturated carbocycles. The molecule has 1 heterocycles. The molecular weight excluding hydrogens is 280 g/mol. The van der Waals surface area contributed by atoms with Crippen molar-refractivity contribution in [3.63, 3.8) is 0 Å². The molecule has 22 heavy (non-hydrogen) atoms. The average molecular weight is 312 g/mol. The number of rotatable bonds is 7. The molecule has 1 unspecified atom stereocenters. The van der Waals surface area contributed by atoms with Crippen LogP contribution in [0.4, 0.5) is 0 Å². The van der Waals surface area contributed by atoms with Crippen LogP contribution in [0.2, 0.25) is 0 Å². The maximum absolute atomic E-state index is 12.1. The molecule has 128 valence electrons. The Bertz CT molecular complexity index is 365. The van der Waals surface area contributed by atoms with E-state index < -0.39 is 0 Å². The van der Waals surface area contributed by atoms with Gasteiger partial charge < -0.3 is 10.2 Å². The van der Waals surface area contributed by atoms with Gasteiger partial charge in [-0.1, -0.05) is 6.92 Å². The molecule has 1 aliphatic rings. The van der Waals surface area contributed by atoms with Gasteiger partial charge in [0.15, 0.2) is 0 Å². The predicted octanol–water partition coefficient (Wildman–Crippen LogP) is 0.386. The molecule has 1 atom stereocenters. The minimum absolute atomic E-state index is 0.0958. The van der Waals surface area contributed by atoms with Crippen molar-refractivity contribution in [3.05, 3.63) is 0 Å². The summed E-state index contributed by atoms with van der Waals surface area (Å²) in [6.45, 7) is 12.4. The lowest BCUT2D eigenvalue weighted by Gasteiger charge is -2.35. The van der Waals surface area contributed by atoms with Crippen LogP contribution in [0.25, 0.3) is 0 Å². The van der Waals surface area contributed by atoms with E-state index in [2.05, 4.69) is 22.0 Å². The summed E-state index contributed by atoms with van der Waals surface area (Å²) >= 11 is 0. The number of nitrogens with zero attached hydrogens (tertiary/aromatic N) is 3. The Morgan fingerprint density at radius 1 is 1.05 bits per heavy atom. The number of hydrogen-bond donors (Lipinski definition) is 1. The molecule has 0 aromatic heterocycles. The van der Waals surface area contributed by atoms with Crippen molar-refractivity contribution in [2.24, 2.45) is 0 Å². The minimum atomic E-state index is 0.0958. The number of nitrogens with one attached hydrogen (secondary N) is 1. The first-order valence-corrected chi connectivity index (χ1v) is 8.33. The summed E-state index contributed by atoms with van der Waals surface area (Å²) in [4.78, 5) is 30.1. The third kappa shape index (κ3) is 6.32. The third-order valence-electron chi connectivity index (χ3n) is 4.38. The van der Waals surface area contributed by atoms with Crippen LogP contribution in [0.3, 0.4) is 0 Å². The second-order valence-electron chi connectivity index (χ2n) is 6.53. The van der Waals surface area contributed by atoms with E-state index in [1.807, 2.05) is 27.8 Å². The largest absolute Gasteiger partial charge is 0.353 e. The van der Waals surface area contributed by atoms with Crippen LogP contribution in [0.5, 0.6) is 0 Å². The molecular formula is C16H32N4O2. The van der Waals surface area contributed by atoms with Crippen LogP contribution >= 0.6 is 0 Å². The van der Waals surface area contributed by atoms with Crippen LogP contribution in [-0.2, 0) is 9.59 Å². The molecule has 1 rings (SSSR count). The lowest BCUT2D eigenvalue weighted by atomic mass is 10.2. The molecule has 6 heteroatoms. The van der Waals surface area contributed by atoms with E-state index in [0.29, 0.717) is 13.1 Å². The highest BCUT2D eigenvalue weighted by molar-refractivity contribution is 5.78.